The lowest BCUT2D eigenvalue weighted by atomic mass is 9.42. The molecular formula is C120H112B2N4OS. The summed E-state index contributed by atoms with van der Waals surface area (Å²) in [5.74, 6) is 0. The molecule has 630 valence electrons. The van der Waals surface area contributed by atoms with Gasteiger partial charge < -0.3 is 23.5 Å². The van der Waals surface area contributed by atoms with E-state index in [1.54, 1.807) is 0 Å². The molecule has 5 nitrogen and oxygen atoms in total. The summed E-state index contributed by atoms with van der Waals surface area (Å²) in [7, 11) is 0. The van der Waals surface area contributed by atoms with Crippen molar-refractivity contribution >= 4 is 210 Å². The number of benzene rings is 17. The summed E-state index contributed by atoms with van der Waals surface area (Å²) < 4.78 is 12.5. The van der Waals surface area contributed by atoms with Crippen LogP contribution in [-0.4, -0.2) is 18.2 Å². The molecule has 0 saturated carbocycles. The molecule has 0 spiro atoms. The largest absolute Gasteiger partial charge is 0.456 e. The fraction of sp³-hybridized carbons (Fsp3) is 0.267. The minimum atomic E-state index is -0.244. The van der Waals surface area contributed by atoms with E-state index in [-0.39, 0.29) is 57.0 Å². The second-order valence-corrected chi connectivity index (χ2v) is 46.9. The Kier molecular flexibility index (Phi) is 16.3. The number of thiophene rings is 1. The van der Waals surface area contributed by atoms with E-state index in [4.69, 9.17) is 4.42 Å². The summed E-state index contributed by atoms with van der Waals surface area (Å²) in [6.07, 6.45) is 1.97. The van der Waals surface area contributed by atoms with Crippen LogP contribution in [-0.2, 0) is 43.3 Å². The fourth-order valence-electron chi connectivity index (χ4n) is 23.3. The molecule has 0 aliphatic carbocycles. The van der Waals surface area contributed by atoms with E-state index in [1.165, 1.54) is 219 Å². The van der Waals surface area contributed by atoms with Crippen LogP contribution in [0.1, 0.15) is 210 Å². The van der Waals surface area contributed by atoms with E-state index < -0.39 is 0 Å². The first-order valence-electron chi connectivity index (χ1n) is 46.8. The number of rotatable bonds is 8. The average Bonchev–Trinajstić information content (AvgIpc) is 1.37. The summed E-state index contributed by atoms with van der Waals surface area (Å²) in [5, 5.41) is 21.9. The highest BCUT2D eigenvalue weighted by Gasteiger charge is 2.51. The quantitative estimate of drug-likeness (QED) is 0.112. The molecule has 0 radical (unpaired) electrons. The number of para-hydroxylation sites is 1. The van der Waals surface area contributed by atoms with Crippen molar-refractivity contribution in [1.29, 1.82) is 0 Å². The van der Waals surface area contributed by atoms with Crippen molar-refractivity contribution in [2.45, 2.75) is 208 Å². The van der Waals surface area contributed by atoms with Gasteiger partial charge in [-0.05, 0) is 262 Å². The van der Waals surface area contributed by atoms with Gasteiger partial charge in [0, 0.05) is 97.5 Å². The summed E-state index contributed by atoms with van der Waals surface area (Å²) in [6, 6.07) is 102. The molecule has 8 heteroatoms. The molecule has 0 unspecified atom stereocenters. The normalized spacial score (nSPS) is 14.5. The van der Waals surface area contributed by atoms with E-state index >= 15 is 0 Å². The number of hydrogen-bond acceptors (Lipinski definition) is 5. The maximum atomic E-state index is 7.01. The van der Waals surface area contributed by atoms with Crippen molar-refractivity contribution in [2.24, 2.45) is 0 Å². The van der Waals surface area contributed by atoms with Crippen molar-refractivity contribution in [3.63, 3.8) is 0 Å². The Morgan fingerprint density at radius 2 is 0.742 bits per heavy atom. The monoisotopic (exact) mass is 1680 g/mol. The molecule has 4 aliphatic heterocycles. The highest BCUT2D eigenvalue weighted by molar-refractivity contribution is 7.32. The SMILES string of the molecule is CC(C)(C)c1ccc(N2c3c(sc4ccccc34)B3c4c(c5ccc6cc(C(C)(C)CCC(C)(C)c7ccc(N8B9c%10ccc%11oc%12ccccc%12c%11c%10N(c%10ccc(C(C)(C)C)cc%10)c%10c9c(c9ccc%11cc(C(C)(C)C)cc%12ccc%10c9c%11%12)-c9cc(C(C)(C)C)ccc98)cc7)cc7ccc(c42)c5c67)-c2cc(C(C)(C)C)cc4c5cc(C(C)(C)C)ccc5n3c24)cc1. The van der Waals surface area contributed by atoms with Gasteiger partial charge in [-0.15, -0.1) is 11.3 Å². The molecule has 20 aromatic rings. The minimum absolute atomic E-state index is 0.0103. The van der Waals surface area contributed by atoms with E-state index in [9.17, 15) is 0 Å². The van der Waals surface area contributed by atoms with Gasteiger partial charge in [-0.3, -0.25) is 0 Å². The Morgan fingerprint density at radius 3 is 1.31 bits per heavy atom. The fourth-order valence-corrected chi connectivity index (χ4v) is 24.5. The van der Waals surface area contributed by atoms with Crippen molar-refractivity contribution < 1.29 is 4.42 Å². The first-order chi connectivity index (χ1) is 60.8. The van der Waals surface area contributed by atoms with Gasteiger partial charge in [-0.2, -0.15) is 0 Å². The zero-order valence-corrected chi connectivity index (χ0v) is 79.2. The number of aromatic nitrogens is 1. The third kappa shape index (κ3) is 11.3. The van der Waals surface area contributed by atoms with Crippen LogP contribution in [0.3, 0.4) is 0 Å². The predicted octanol–water partition coefficient (Wildman–Crippen LogP) is 31.6. The second-order valence-electron chi connectivity index (χ2n) is 45.9. The summed E-state index contributed by atoms with van der Waals surface area (Å²) in [5.41, 5.74) is 33.3. The van der Waals surface area contributed by atoms with Crippen LogP contribution in [0, 0.1) is 0 Å². The Morgan fingerprint density at radius 1 is 0.297 bits per heavy atom. The van der Waals surface area contributed by atoms with Gasteiger partial charge in [0.15, 0.2) is 0 Å². The minimum Gasteiger partial charge on any atom is -0.456 e. The molecule has 24 rings (SSSR count). The molecule has 0 amide bonds. The van der Waals surface area contributed by atoms with Gasteiger partial charge in [-0.1, -0.05) is 316 Å². The Bertz CT molecular complexity index is 8150. The van der Waals surface area contributed by atoms with Crippen molar-refractivity contribution in [3.8, 4) is 22.3 Å². The summed E-state index contributed by atoms with van der Waals surface area (Å²) in [4.78, 5) is 8.12. The third-order valence-electron chi connectivity index (χ3n) is 30.7. The molecule has 128 heavy (non-hydrogen) atoms. The van der Waals surface area contributed by atoms with Crippen LogP contribution < -0.4 is 35.8 Å². The van der Waals surface area contributed by atoms with Crippen molar-refractivity contribution in [2.75, 3.05) is 14.6 Å². The average molecular weight is 1680 g/mol. The Hall–Kier alpha value is -12.1. The first kappa shape index (κ1) is 79.3. The van der Waals surface area contributed by atoms with Gasteiger partial charge >= 0.3 is 13.7 Å². The molecular weight excluding hydrogens is 1570 g/mol. The van der Waals surface area contributed by atoms with Gasteiger partial charge in [-0.25, -0.2) is 0 Å². The van der Waals surface area contributed by atoms with Crippen molar-refractivity contribution in [1.82, 2.24) is 4.48 Å². The standard InChI is InChI=1S/C120H112B2N4OS/c1-113(2,3)71-35-43-79(44-36-71)123-109-87-52-34-70-62-78(61-69-32-50-85(101(87)99(69)70)103-91-66-77(118(16,17)18)65-89-88-63-74(115(7,8)9)41-54-93(88)126(107(89)91)122(106(103)109)112-110(123)83-28-24-26-30-97(83)128-112)120(21,22)58-57-119(19,20)73-39-47-81(48-40-73)125-94-55-42-75(116(10,11)12)64-90(94)102-84-49-31-67-59-76(117(13,14)15)60-68-33-51-86(100(84)98(67)68)108-105(102)121(125)92-53-56-96-104(82-27-23-25-29-95(82)127-96)111(92)124(108)80-45-37-72(38-46-80)114(4,5)6/h23-56,59-66H,57-58H2,1-22H3. The van der Waals surface area contributed by atoms with Gasteiger partial charge in [0.1, 0.15) is 11.2 Å². The van der Waals surface area contributed by atoms with Gasteiger partial charge in [0.25, 0.3) is 0 Å². The maximum Gasteiger partial charge on any atom is 0.343 e. The summed E-state index contributed by atoms with van der Waals surface area (Å²) >= 11 is 1.99. The zero-order chi connectivity index (χ0) is 88.5. The molecule has 4 aliphatic rings. The highest BCUT2D eigenvalue weighted by Crippen LogP contribution is 2.60. The molecule has 0 saturated heterocycles. The van der Waals surface area contributed by atoms with E-state index in [2.05, 4.69) is 426 Å². The van der Waals surface area contributed by atoms with Crippen LogP contribution in [0.4, 0.5) is 45.5 Å². The first-order valence-corrected chi connectivity index (χ1v) is 47.6. The smallest absolute Gasteiger partial charge is 0.343 e. The number of furan rings is 1. The number of anilines is 8. The van der Waals surface area contributed by atoms with Gasteiger partial charge in [0.2, 0.25) is 0 Å². The van der Waals surface area contributed by atoms with E-state index in [1.807, 2.05) is 11.3 Å². The molecule has 3 aromatic heterocycles. The molecule has 0 atom stereocenters. The van der Waals surface area contributed by atoms with Crippen LogP contribution >= 0.6 is 11.3 Å². The van der Waals surface area contributed by atoms with Crippen LogP contribution in [0.2, 0.25) is 0 Å². The van der Waals surface area contributed by atoms with Crippen molar-refractivity contribution in [3.05, 3.63) is 299 Å². The lowest BCUT2D eigenvalue weighted by Crippen LogP contribution is -2.61. The van der Waals surface area contributed by atoms with Crippen LogP contribution in [0.25, 0.3) is 141 Å². The summed E-state index contributed by atoms with van der Waals surface area (Å²) in [6.45, 7) is 52.1. The number of fused-ring (bicyclic) bond motifs is 21. The second kappa shape index (κ2) is 26.3. The van der Waals surface area contributed by atoms with Gasteiger partial charge in [0.05, 0.1) is 28.1 Å². The third-order valence-corrected chi connectivity index (χ3v) is 31.9. The Labute approximate surface area is 758 Å². The molecule has 0 fully saturated rings. The van der Waals surface area contributed by atoms with Crippen LogP contribution in [0.5, 0.6) is 0 Å². The number of nitrogens with zero attached hydrogens (tertiary/aromatic N) is 4. The van der Waals surface area contributed by atoms with E-state index in [0.717, 1.165) is 46.2 Å². The zero-order valence-electron chi connectivity index (χ0n) is 78.4. The molecule has 0 bridgehead atoms. The highest BCUT2D eigenvalue weighted by atomic mass is 32.1. The lowest BCUT2D eigenvalue weighted by molar-refractivity contribution is 0.375. The topological polar surface area (TPSA) is 27.8 Å². The maximum absolute atomic E-state index is 7.01. The molecule has 7 heterocycles. The van der Waals surface area contributed by atoms with E-state index in [0.29, 0.717) is 0 Å². The predicted molar refractivity (Wildman–Crippen MR) is 558 cm³/mol. The molecule has 17 aromatic carbocycles. The van der Waals surface area contributed by atoms with Crippen LogP contribution in [0.15, 0.2) is 259 Å². The lowest BCUT2D eigenvalue weighted by Gasteiger charge is -2.47. The number of hydrogen-bond donors (Lipinski definition) is 0. The Balaban J connectivity index is 0.653. The molecule has 0 N–H and O–H groups in total.